The van der Waals surface area contributed by atoms with Gasteiger partial charge in [-0.25, -0.2) is 4.98 Å². The molecule has 0 bridgehead atoms. The molecule has 104 valence electrons. The summed E-state index contributed by atoms with van der Waals surface area (Å²) in [7, 11) is 0. The van der Waals surface area contributed by atoms with Gasteiger partial charge in [-0.3, -0.25) is 4.79 Å². The fourth-order valence-corrected chi connectivity index (χ4v) is 3.73. The molecule has 0 spiro atoms. The van der Waals surface area contributed by atoms with Crippen LogP contribution in [-0.4, -0.2) is 28.4 Å². The molecule has 1 amide bonds. The maximum Gasteiger partial charge on any atom is 0.254 e. The van der Waals surface area contributed by atoms with Gasteiger partial charge in [0.05, 0.1) is 5.56 Å². The number of amides is 1. The Kier molecular flexibility index (Phi) is 4.98. The topological polar surface area (TPSA) is 42.0 Å². The van der Waals surface area contributed by atoms with Crippen molar-refractivity contribution in [2.75, 3.05) is 12.8 Å². The molecule has 0 unspecified atom stereocenters. The van der Waals surface area contributed by atoms with Gasteiger partial charge in [-0.15, -0.1) is 0 Å². The van der Waals surface area contributed by atoms with Crippen molar-refractivity contribution in [2.24, 2.45) is 0 Å². The molecule has 0 radical (unpaired) electrons. The Bertz CT molecular complexity index is 476. The highest BCUT2D eigenvalue weighted by atomic mass is 35.5. The summed E-state index contributed by atoms with van der Waals surface area (Å²) in [6, 6.07) is 3.18. The Labute approximate surface area is 127 Å². The standard InChI is InChI=1S/C13H16Cl2N2OS/c1-19-13(6-2-3-7-13)8-16-12(18)9-4-5-10(14)17-11(9)15/h4-5H,2-3,6-8H2,1H3,(H,16,18). The number of carbonyl (C=O) groups is 1. The summed E-state index contributed by atoms with van der Waals surface area (Å²) in [6.45, 7) is 0.673. The van der Waals surface area contributed by atoms with Crippen molar-refractivity contribution >= 4 is 40.9 Å². The SMILES string of the molecule is CSC1(CNC(=O)c2ccc(Cl)nc2Cl)CCCC1. The monoisotopic (exact) mass is 318 g/mol. The predicted molar refractivity (Wildman–Crippen MR) is 81.3 cm³/mol. The van der Waals surface area contributed by atoms with Crippen molar-refractivity contribution in [1.82, 2.24) is 10.3 Å². The molecule has 1 aliphatic rings. The van der Waals surface area contributed by atoms with Crippen LogP contribution in [0.25, 0.3) is 0 Å². The average molecular weight is 319 g/mol. The molecule has 1 heterocycles. The number of nitrogens with one attached hydrogen (secondary N) is 1. The summed E-state index contributed by atoms with van der Waals surface area (Å²) in [4.78, 5) is 16.0. The second-order valence-corrected chi connectivity index (χ2v) is 6.77. The predicted octanol–water partition coefficient (Wildman–Crippen LogP) is 3.79. The zero-order valence-electron chi connectivity index (χ0n) is 10.7. The summed E-state index contributed by atoms with van der Waals surface area (Å²) >= 11 is 13.5. The molecular weight excluding hydrogens is 303 g/mol. The molecule has 3 nitrogen and oxygen atoms in total. The van der Waals surface area contributed by atoms with Crippen molar-refractivity contribution in [3.63, 3.8) is 0 Å². The Morgan fingerprint density at radius 2 is 2.11 bits per heavy atom. The second kappa shape index (κ2) is 6.33. The molecule has 1 aromatic rings. The molecule has 1 N–H and O–H groups in total. The Morgan fingerprint density at radius 1 is 1.42 bits per heavy atom. The number of pyridine rings is 1. The number of thioether (sulfide) groups is 1. The van der Waals surface area contributed by atoms with E-state index >= 15 is 0 Å². The quantitative estimate of drug-likeness (QED) is 0.859. The number of hydrogen-bond donors (Lipinski definition) is 1. The number of hydrogen-bond acceptors (Lipinski definition) is 3. The van der Waals surface area contributed by atoms with Gasteiger partial charge in [0, 0.05) is 11.3 Å². The number of rotatable bonds is 4. The fourth-order valence-electron chi connectivity index (χ4n) is 2.39. The summed E-state index contributed by atoms with van der Waals surface area (Å²) < 4.78 is 0.183. The van der Waals surface area contributed by atoms with Gasteiger partial charge in [-0.2, -0.15) is 11.8 Å². The number of halogens is 2. The van der Waals surface area contributed by atoms with E-state index in [1.54, 1.807) is 12.1 Å². The van der Waals surface area contributed by atoms with Crippen molar-refractivity contribution in [1.29, 1.82) is 0 Å². The zero-order valence-corrected chi connectivity index (χ0v) is 13.0. The van der Waals surface area contributed by atoms with E-state index in [9.17, 15) is 4.79 Å². The zero-order chi connectivity index (χ0) is 13.9. The third-order valence-electron chi connectivity index (χ3n) is 3.58. The van der Waals surface area contributed by atoms with Crippen LogP contribution in [0.5, 0.6) is 0 Å². The summed E-state index contributed by atoms with van der Waals surface area (Å²) in [5.74, 6) is -0.186. The van der Waals surface area contributed by atoms with E-state index in [-0.39, 0.29) is 21.0 Å². The Balaban J connectivity index is 2.01. The molecule has 0 aliphatic heterocycles. The molecule has 6 heteroatoms. The molecule has 1 aliphatic carbocycles. The minimum absolute atomic E-state index is 0.148. The van der Waals surface area contributed by atoms with E-state index in [1.807, 2.05) is 11.8 Å². The third kappa shape index (κ3) is 3.56. The van der Waals surface area contributed by atoms with E-state index in [2.05, 4.69) is 16.6 Å². The van der Waals surface area contributed by atoms with Crippen LogP contribution < -0.4 is 5.32 Å². The van der Waals surface area contributed by atoms with Gasteiger partial charge >= 0.3 is 0 Å². The van der Waals surface area contributed by atoms with Gasteiger partial charge in [0.2, 0.25) is 0 Å². The highest BCUT2D eigenvalue weighted by molar-refractivity contribution is 8.00. The van der Waals surface area contributed by atoms with Crippen LogP contribution in [-0.2, 0) is 0 Å². The Morgan fingerprint density at radius 3 is 2.68 bits per heavy atom. The molecule has 19 heavy (non-hydrogen) atoms. The molecular formula is C13H16Cl2N2OS. The first-order chi connectivity index (χ1) is 9.06. The molecule has 1 aromatic heterocycles. The van der Waals surface area contributed by atoms with Crippen molar-refractivity contribution < 1.29 is 4.79 Å². The van der Waals surface area contributed by atoms with E-state index in [4.69, 9.17) is 23.2 Å². The number of aromatic nitrogens is 1. The summed E-state index contributed by atoms with van der Waals surface area (Å²) in [5, 5.41) is 3.40. The van der Waals surface area contributed by atoms with Crippen LogP contribution in [0.4, 0.5) is 0 Å². The number of nitrogens with zero attached hydrogens (tertiary/aromatic N) is 1. The summed E-state index contributed by atoms with van der Waals surface area (Å²) in [6.07, 6.45) is 6.89. The molecule has 0 saturated heterocycles. The first kappa shape index (κ1) is 14.9. The minimum atomic E-state index is -0.186. The molecule has 1 saturated carbocycles. The van der Waals surface area contributed by atoms with E-state index in [0.29, 0.717) is 12.1 Å². The van der Waals surface area contributed by atoms with Crippen LogP contribution in [0.1, 0.15) is 36.0 Å². The van der Waals surface area contributed by atoms with Crippen LogP contribution in [0.2, 0.25) is 10.3 Å². The maximum atomic E-state index is 12.1. The van der Waals surface area contributed by atoms with Crippen molar-refractivity contribution in [3.05, 3.63) is 28.0 Å². The van der Waals surface area contributed by atoms with Gasteiger partial charge in [-0.1, -0.05) is 36.0 Å². The first-order valence-corrected chi connectivity index (χ1v) is 8.20. The first-order valence-electron chi connectivity index (χ1n) is 6.22. The normalized spacial score (nSPS) is 17.4. The third-order valence-corrected chi connectivity index (χ3v) is 5.50. The lowest BCUT2D eigenvalue weighted by Crippen LogP contribution is -2.38. The molecule has 1 fully saturated rings. The molecule has 0 atom stereocenters. The van der Waals surface area contributed by atoms with Crippen LogP contribution in [0.3, 0.4) is 0 Å². The van der Waals surface area contributed by atoms with Crippen molar-refractivity contribution in [3.8, 4) is 0 Å². The van der Waals surface area contributed by atoms with Gasteiger partial charge in [0.15, 0.2) is 0 Å². The van der Waals surface area contributed by atoms with Gasteiger partial charge < -0.3 is 5.32 Å². The van der Waals surface area contributed by atoms with Gasteiger partial charge in [0.1, 0.15) is 10.3 Å². The average Bonchev–Trinajstić information content (AvgIpc) is 2.85. The highest BCUT2D eigenvalue weighted by Crippen LogP contribution is 2.39. The fraction of sp³-hybridized carbons (Fsp3) is 0.538. The lowest BCUT2D eigenvalue weighted by atomic mass is 10.1. The minimum Gasteiger partial charge on any atom is -0.351 e. The lowest BCUT2D eigenvalue weighted by molar-refractivity contribution is 0.0949. The maximum absolute atomic E-state index is 12.1. The number of carbonyl (C=O) groups excluding carboxylic acids is 1. The van der Waals surface area contributed by atoms with Crippen molar-refractivity contribution in [2.45, 2.75) is 30.4 Å². The lowest BCUT2D eigenvalue weighted by Gasteiger charge is -2.26. The second-order valence-electron chi connectivity index (χ2n) is 4.75. The Hall–Kier alpha value is -0.450. The largest absolute Gasteiger partial charge is 0.351 e. The van der Waals surface area contributed by atoms with Crippen LogP contribution in [0.15, 0.2) is 12.1 Å². The van der Waals surface area contributed by atoms with Crippen LogP contribution in [0, 0.1) is 0 Å². The van der Waals surface area contributed by atoms with Gasteiger partial charge in [0.25, 0.3) is 5.91 Å². The van der Waals surface area contributed by atoms with E-state index < -0.39 is 0 Å². The summed E-state index contributed by atoms with van der Waals surface area (Å²) in [5.41, 5.74) is 0.375. The molecule has 2 rings (SSSR count). The van der Waals surface area contributed by atoms with E-state index in [1.165, 1.54) is 12.8 Å². The van der Waals surface area contributed by atoms with Gasteiger partial charge in [-0.05, 0) is 31.2 Å². The molecule has 0 aromatic carbocycles. The van der Waals surface area contributed by atoms with E-state index in [0.717, 1.165) is 12.8 Å². The highest BCUT2D eigenvalue weighted by Gasteiger charge is 2.33. The smallest absolute Gasteiger partial charge is 0.254 e. The van der Waals surface area contributed by atoms with Crippen LogP contribution >= 0.6 is 35.0 Å².